The van der Waals surface area contributed by atoms with Crippen molar-refractivity contribution < 1.29 is 4.74 Å². The van der Waals surface area contributed by atoms with Gasteiger partial charge in [0.15, 0.2) is 0 Å². The molecule has 0 radical (unpaired) electrons. The molecule has 1 N–H and O–H groups in total. The highest BCUT2D eigenvalue weighted by molar-refractivity contribution is 4.92. The highest BCUT2D eigenvalue weighted by Crippen LogP contribution is 2.16. The first-order chi connectivity index (χ1) is 9.04. The number of allylic oxidation sites excluding steroid dienone is 1. The molecule has 2 atom stereocenters. The van der Waals surface area contributed by atoms with Gasteiger partial charge in [-0.15, -0.1) is 6.58 Å². The molecule has 0 aliphatic carbocycles. The van der Waals surface area contributed by atoms with Crippen LogP contribution in [0.5, 0.6) is 0 Å². The fourth-order valence-electron chi connectivity index (χ4n) is 2.56. The van der Waals surface area contributed by atoms with Gasteiger partial charge in [0.05, 0.1) is 12.7 Å². The minimum atomic E-state index is 0.321. The van der Waals surface area contributed by atoms with E-state index in [0.29, 0.717) is 18.2 Å². The minimum Gasteiger partial charge on any atom is -0.374 e. The van der Waals surface area contributed by atoms with Crippen LogP contribution in [0.25, 0.3) is 0 Å². The van der Waals surface area contributed by atoms with Crippen molar-refractivity contribution in [3.8, 4) is 0 Å². The highest BCUT2D eigenvalue weighted by atomic mass is 16.5. The van der Waals surface area contributed by atoms with Gasteiger partial charge in [-0.3, -0.25) is 4.90 Å². The molecule has 0 amide bonds. The third kappa shape index (κ3) is 6.07. The molecule has 0 aromatic rings. The SMILES string of the molecule is C=C(C)CCC(NCCC)C1CN(C(C)C)CCO1. The third-order valence-electron chi connectivity index (χ3n) is 3.84. The van der Waals surface area contributed by atoms with Gasteiger partial charge < -0.3 is 10.1 Å². The number of morpholine rings is 1. The predicted octanol–water partition coefficient (Wildman–Crippen LogP) is 2.82. The van der Waals surface area contributed by atoms with Gasteiger partial charge >= 0.3 is 0 Å². The first kappa shape index (κ1) is 16.7. The molecule has 0 saturated carbocycles. The summed E-state index contributed by atoms with van der Waals surface area (Å²) in [6, 6.07) is 1.07. The molecule has 1 fully saturated rings. The molecule has 1 rings (SSSR count). The van der Waals surface area contributed by atoms with Crippen LogP contribution in [0.4, 0.5) is 0 Å². The largest absolute Gasteiger partial charge is 0.374 e. The molecular formula is C16H32N2O. The van der Waals surface area contributed by atoms with Crippen molar-refractivity contribution in [1.29, 1.82) is 0 Å². The molecule has 0 aromatic carbocycles. The summed E-state index contributed by atoms with van der Waals surface area (Å²) in [5, 5.41) is 3.66. The van der Waals surface area contributed by atoms with E-state index in [1.807, 2.05) is 0 Å². The zero-order valence-corrected chi connectivity index (χ0v) is 13.2. The van der Waals surface area contributed by atoms with E-state index in [1.54, 1.807) is 0 Å². The number of hydrogen-bond donors (Lipinski definition) is 1. The smallest absolute Gasteiger partial charge is 0.0855 e. The van der Waals surface area contributed by atoms with E-state index in [-0.39, 0.29) is 0 Å². The lowest BCUT2D eigenvalue weighted by atomic mass is 10.0. The Hall–Kier alpha value is -0.380. The van der Waals surface area contributed by atoms with Crippen LogP contribution >= 0.6 is 0 Å². The Bertz CT molecular complexity index is 265. The quantitative estimate of drug-likeness (QED) is 0.685. The van der Waals surface area contributed by atoms with E-state index in [2.05, 4.69) is 44.5 Å². The summed E-state index contributed by atoms with van der Waals surface area (Å²) in [5.41, 5.74) is 1.26. The summed E-state index contributed by atoms with van der Waals surface area (Å²) in [6.07, 6.45) is 3.71. The molecule has 1 aliphatic heterocycles. The van der Waals surface area contributed by atoms with Crippen LogP contribution in [0.2, 0.25) is 0 Å². The lowest BCUT2D eigenvalue weighted by molar-refractivity contribution is -0.0564. The van der Waals surface area contributed by atoms with Crippen LogP contribution < -0.4 is 5.32 Å². The number of nitrogens with one attached hydrogen (secondary N) is 1. The Kier molecular flexibility index (Phi) is 7.66. The van der Waals surface area contributed by atoms with E-state index in [9.17, 15) is 0 Å². The number of nitrogens with zero attached hydrogens (tertiary/aromatic N) is 1. The van der Waals surface area contributed by atoms with Gasteiger partial charge in [-0.05, 0) is 46.6 Å². The van der Waals surface area contributed by atoms with Crippen molar-refractivity contribution in [3.63, 3.8) is 0 Å². The van der Waals surface area contributed by atoms with Gasteiger partial charge in [0.1, 0.15) is 0 Å². The number of ether oxygens (including phenoxy) is 1. The summed E-state index contributed by atoms with van der Waals surface area (Å²) >= 11 is 0. The van der Waals surface area contributed by atoms with Crippen LogP contribution in [0.15, 0.2) is 12.2 Å². The summed E-state index contributed by atoms with van der Waals surface area (Å²) in [4.78, 5) is 2.52. The number of rotatable bonds is 8. The Morgan fingerprint density at radius 2 is 2.21 bits per heavy atom. The van der Waals surface area contributed by atoms with Crippen LogP contribution in [-0.4, -0.2) is 49.3 Å². The lowest BCUT2D eigenvalue weighted by Gasteiger charge is -2.39. The molecule has 112 valence electrons. The predicted molar refractivity (Wildman–Crippen MR) is 82.6 cm³/mol. The summed E-state index contributed by atoms with van der Waals surface area (Å²) in [7, 11) is 0. The fraction of sp³-hybridized carbons (Fsp3) is 0.875. The van der Waals surface area contributed by atoms with Gasteiger partial charge in [0.2, 0.25) is 0 Å². The zero-order valence-electron chi connectivity index (χ0n) is 13.2. The van der Waals surface area contributed by atoms with Gasteiger partial charge in [0, 0.05) is 25.2 Å². The second-order valence-corrected chi connectivity index (χ2v) is 6.05. The maximum Gasteiger partial charge on any atom is 0.0855 e. The molecule has 0 spiro atoms. The van der Waals surface area contributed by atoms with E-state index in [4.69, 9.17) is 4.74 Å². The molecule has 19 heavy (non-hydrogen) atoms. The Morgan fingerprint density at radius 3 is 2.79 bits per heavy atom. The Balaban J connectivity index is 2.53. The Morgan fingerprint density at radius 1 is 1.47 bits per heavy atom. The maximum atomic E-state index is 6.02. The molecule has 1 saturated heterocycles. The van der Waals surface area contributed by atoms with E-state index < -0.39 is 0 Å². The Labute approximate surface area is 119 Å². The van der Waals surface area contributed by atoms with E-state index in [0.717, 1.165) is 39.1 Å². The minimum absolute atomic E-state index is 0.321. The van der Waals surface area contributed by atoms with Gasteiger partial charge in [-0.25, -0.2) is 0 Å². The second-order valence-electron chi connectivity index (χ2n) is 6.05. The summed E-state index contributed by atoms with van der Waals surface area (Å²) in [5.74, 6) is 0. The molecule has 1 heterocycles. The fourth-order valence-corrected chi connectivity index (χ4v) is 2.56. The molecule has 3 nitrogen and oxygen atoms in total. The molecule has 1 aliphatic rings. The second kappa shape index (κ2) is 8.72. The molecule has 0 bridgehead atoms. The van der Waals surface area contributed by atoms with Crippen molar-refractivity contribution in [2.75, 3.05) is 26.2 Å². The van der Waals surface area contributed by atoms with Crippen LogP contribution in [0.1, 0.15) is 47.0 Å². The number of hydrogen-bond acceptors (Lipinski definition) is 3. The van der Waals surface area contributed by atoms with Crippen LogP contribution in [-0.2, 0) is 4.74 Å². The molecule has 0 aromatic heterocycles. The first-order valence-electron chi connectivity index (χ1n) is 7.78. The highest BCUT2D eigenvalue weighted by Gasteiger charge is 2.28. The summed E-state index contributed by atoms with van der Waals surface area (Å²) in [6.45, 7) is 16.9. The van der Waals surface area contributed by atoms with Crippen LogP contribution in [0.3, 0.4) is 0 Å². The summed E-state index contributed by atoms with van der Waals surface area (Å²) < 4.78 is 6.02. The average Bonchev–Trinajstić information content (AvgIpc) is 2.38. The first-order valence-corrected chi connectivity index (χ1v) is 7.78. The van der Waals surface area contributed by atoms with Crippen molar-refractivity contribution in [3.05, 3.63) is 12.2 Å². The maximum absolute atomic E-state index is 6.02. The molecular weight excluding hydrogens is 236 g/mol. The normalized spacial score (nSPS) is 22.7. The van der Waals surface area contributed by atoms with Crippen LogP contribution in [0, 0.1) is 0 Å². The lowest BCUT2D eigenvalue weighted by Crippen LogP contribution is -2.53. The van der Waals surface area contributed by atoms with Crippen molar-refractivity contribution in [2.24, 2.45) is 0 Å². The third-order valence-corrected chi connectivity index (χ3v) is 3.84. The van der Waals surface area contributed by atoms with Gasteiger partial charge in [-0.1, -0.05) is 12.5 Å². The molecule has 2 unspecified atom stereocenters. The van der Waals surface area contributed by atoms with Crippen molar-refractivity contribution >= 4 is 0 Å². The monoisotopic (exact) mass is 268 g/mol. The van der Waals surface area contributed by atoms with Gasteiger partial charge in [-0.2, -0.15) is 0 Å². The van der Waals surface area contributed by atoms with Crippen molar-refractivity contribution in [1.82, 2.24) is 10.2 Å². The molecule has 3 heteroatoms. The zero-order chi connectivity index (χ0) is 14.3. The van der Waals surface area contributed by atoms with E-state index >= 15 is 0 Å². The van der Waals surface area contributed by atoms with E-state index in [1.165, 1.54) is 12.0 Å². The average molecular weight is 268 g/mol. The van der Waals surface area contributed by atoms with Crippen molar-refractivity contribution in [2.45, 2.75) is 65.1 Å². The standard InChI is InChI=1S/C16H32N2O/c1-6-9-17-15(8-7-13(2)3)16-12-18(14(4)5)10-11-19-16/h14-17H,2,6-12H2,1,3-5H3. The topological polar surface area (TPSA) is 24.5 Å². The van der Waals surface area contributed by atoms with Gasteiger partial charge in [0.25, 0.3) is 0 Å².